The molecule has 162 valence electrons. The SMILES string of the molecule is CC(N)C(=O)N1CCCC1C(=O)NC(CC(=O)O)C(=O)NC(CC(N)=O)C(=O)O. The summed E-state index contributed by atoms with van der Waals surface area (Å²) >= 11 is 0. The molecule has 13 heteroatoms. The number of hydrogen-bond donors (Lipinski definition) is 6. The van der Waals surface area contributed by atoms with Gasteiger partial charge in [0.15, 0.2) is 0 Å². The summed E-state index contributed by atoms with van der Waals surface area (Å²) in [6.45, 7) is 1.75. The van der Waals surface area contributed by atoms with Gasteiger partial charge >= 0.3 is 11.9 Å². The number of carboxylic acid groups (broad SMARTS) is 2. The summed E-state index contributed by atoms with van der Waals surface area (Å²) in [5, 5.41) is 22.3. The molecule has 0 saturated carbocycles. The fourth-order valence-electron chi connectivity index (χ4n) is 2.89. The first-order valence-electron chi connectivity index (χ1n) is 8.83. The lowest BCUT2D eigenvalue weighted by atomic mass is 10.1. The van der Waals surface area contributed by atoms with Crippen LogP contribution >= 0.6 is 0 Å². The van der Waals surface area contributed by atoms with Crippen LogP contribution in [0.5, 0.6) is 0 Å². The molecular formula is C16H25N5O8. The van der Waals surface area contributed by atoms with Gasteiger partial charge < -0.3 is 37.2 Å². The molecule has 1 fully saturated rings. The first-order chi connectivity index (χ1) is 13.4. The van der Waals surface area contributed by atoms with Crippen molar-refractivity contribution in [3.63, 3.8) is 0 Å². The number of aliphatic carboxylic acids is 2. The summed E-state index contributed by atoms with van der Waals surface area (Å²) in [7, 11) is 0. The first kappa shape index (κ1) is 23.8. The zero-order valence-corrected chi connectivity index (χ0v) is 15.8. The Labute approximate surface area is 165 Å². The zero-order chi connectivity index (χ0) is 22.3. The largest absolute Gasteiger partial charge is 0.481 e. The maximum atomic E-state index is 12.6. The zero-order valence-electron chi connectivity index (χ0n) is 15.8. The van der Waals surface area contributed by atoms with Crippen LogP contribution in [-0.2, 0) is 28.8 Å². The lowest BCUT2D eigenvalue weighted by Gasteiger charge is -2.27. The van der Waals surface area contributed by atoms with Gasteiger partial charge in [0.1, 0.15) is 18.1 Å². The van der Waals surface area contributed by atoms with E-state index in [1.54, 1.807) is 0 Å². The molecule has 4 atom stereocenters. The molecule has 4 amide bonds. The van der Waals surface area contributed by atoms with Gasteiger partial charge in [-0.25, -0.2) is 4.79 Å². The molecule has 0 aliphatic carbocycles. The number of primary amides is 1. The van der Waals surface area contributed by atoms with E-state index in [0.29, 0.717) is 12.8 Å². The van der Waals surface area contributed by atoms with E-state index in [0.717, 1.165) is 0 Å². The van der Waals surface area contributed by atoms with Crippen LogP contribution in [0.1, 0.15) is 32.6 Å². The standard InChI is InChI=1S/C16H25N5O8/c1-7(17)15(27)21-4-2-3-10(21)14(26)19-8(6-12(23)24)13(25)20-9(16(28)29)5-11(18)22/h7-10H,2-6,17H2,1H3,(H2,18,22)(H,19,26)(H,20,25)(H,23,24)(H,28,29). The number of hydrogen-bond acceptors (Lipinski definition) is 7. The molecule has 0 radical (unpaired) electrons. The van der Waals surface area contributed by atoms with Gasteiger partial charge in [-0.1, -0.05) is 0 Å². The third kappa shape index (κ3) is 7.03. The van der Waals surface area contributed by atoms with Gasteiger partial charge in [0.25, 0.3) is 0 Å². The number of likely N-dealkylation sites (tertiary alicyclic amines) is 1. The highest BCUT2D eigenvalue weighted by molar-refractivity contribution is 5.96. The summed E-state index contributed by atoms with van der Waals surface area (Å²) in [5.74, 6) is -6.32. The smallest absolute Gasteiger partial charge is 0.326 e. The Morgan fingerprint density at radius 1 is 1.07 bits per heavy atom. The van der Waals surface area contributed by atoms with Crippen molar-refractivity contribution in [2.24, 2.45) is 11.5 Å². The second-order valence-electron chi connectivity index (χ2n) is 6.71. The summed E-state index contributed by atoms with van der Waals surface area (Å²) in [6.07, 6.45) is -0.736. The highest BCUT2D eigenvalue weighted by Crippen LogP contribution is 2.18. The van der Waals surface area contributed by atoms with Crippen LogP contribution in [-0.4, -0.2) is 81.4 Å². The van der Waals surface area contributed by atoms with Gasteiger partial charge in [0.2, 0.25) is 23.6 Å². The van der Waals surface area contributed by atoms with Crippen molar-refractivity contribution in [3.8, 4) is 0 Å². The lowest BCUT2D eigenvalue weighted by Crippen LogP contribution is -2.57. The van der Waals surface area contributed by atoms with Crippen molar-refractivity contribution in [2.75, 3.05) is 6.54 Å². The molecule has 8 N–H and O–H groups in total. The fraction of sp³-hybridized carbons (Fsp3) is 0.625. The minimum Gasteiger partial charge on any atom is -0.481 e. The number of amides is 4. The monoisotopic (exact) mass is 415 g/mol. The number of carboxylic acids is 2. The second-order valence-corrected chi connectivity index (χ2v) is 6.71. The van der Waals surface area contributed by atoms with Crippen molar-refractivity contribution < 1.29 is 39.0 Å². The average Bonchev–Trinajstić information content (AvgIpc) is 3.08. The second kappa shape index (κ2) is 10.4. The Morgan fingerprint density at radius 3 is 2.17 bits per heavy atom. The van der Waals surface area contributed by atoms with Crippen molar-refractivity contribution in [3.05, 3.63) is 0 Å². The molecule has 0 aromatic rings. The summed E-state index contributed by atoms with van der Waals surface area (Å²) < 4.78 is 0. The molecule has 1 aliphatic rings. The van der Waals surface area contributed by atoms with E-state index < -0.39 is 72.6 Å². The topological polar surface area (TPSA) is 222 Å². The fourth-order valence-corrected chi connectivity index (χ4v) is 2.89. The van der Waals surface area contributed by atoms with Crippen LogP contribution in [0.4, 0.5) is 0 Å². The molecule has 1 heterocycles. The normalized spacial score (nSPS) is 19.0. The molecule has 29 heavy (non-hydrogen) atoms. The quantitative estimate of drug-likeness (QED) is 0.210. The molecule has 0 spiro atoms. The van der Waals surface area contributed by atoms with E-state index in [1.807, 2.05) is 5.32 Å². The summed E-state index contributed by atoms with van der Waals surface area (Å²) in [4.78, 5) is 71.4. The number of rotatable bonds is 10. The Bertz CT molecular complexity index is 695. The molecular weight excluding hydrogens is 390 g/mol. The van der Waals surface area contributed by atoms with Gasteiger partial charge in [0, 0.05) is 6.54 Å². The maximum Gasteiger partial charge on any atom is 0.326 e. The Balaban J connectivity index is 2.92. The Morgan fingerprint density at radius 2 is 1.69 bits per heavy atom. The average molecular weight is 415 g/mol. The van der Waals surface area contributed by atoms with Crippen LogP contribution in [0.15, 0.2) is 0 Å². The lowest BCUT2D eigenvalue weighted by molar-refractivity contribution is -0.145. The van der Waals surface area contributed by atoms with Crippen molar-refractivity contribution >= 4 is 35.6 Å². The minimum absolute atomic E-state index is 0.286. The van der Waals surface area contributed by atoms with Gasteiger partial charge in [-0.2, -0.15) is 0 Å². The van der Waals surface area contributed by atoms with Crippen LogP contribution in [0.25, 0.3) is 0 Å². The maximum absolute atomic E-state index is 12.6. The minimum atomic E-state index is -1.68. The first-order valence-corrected chi connectivity index (χ1v) is 8.83. The molecule has 0 aromatic heterocycles. The predicted molar refractivity (Wildman–Crippen MR) is 95.9 cm³/mol. The number of carbonyl (C=O) groups excluding carboxylic acids is 4. The summed E-state index contributed by atoms with van der Waals surface area (Å²) in [6, 6.07) is -5.08. The van der Waals surface area contributed by atoms with E-state index in [2.05, 4.69) is 5.32 Å². The van der Waals surface area contributed by atoms with Crippen molar-refractivity contribution in [2.45, 2.75) is 56.8 Å². The highest BCUT2D eigenvalue weighted by Gasteiger charge is 2.37. The third-order valence-electron chi connectivity index (χ3n) is 4.26. The summed E-state index contributed by atoms with van der Waals surface area (Å²) in [5.41, 5.74) is 10.5. The number of carbonyl (C=O) groups is 6. The van der Waals surface area contributed by atoms with E-state index >= 15 is 0 Å². The molecule has 4 unspecified atom stereocenters. The Kier molecular flexibility index (Phi) is 8.51. The van der Waals surface area contributed by atoms with Crippen molar-refractivity contribution in [1.82, 2.24) is 15.5 Å². The van der Waals surface area contributed by atoms with E-state index in [4.69, 9.17) is 21.7 Å². The molecule has 1 saturated heterocycles. The number of nitrogens with two attached hydrogens (primary N) is 2. The van der Waals surface area contributed by atoms with Gasteiger partial charge in [0.05, 0.1) is 18.9 Å². The van der Waals surface area contributed by atoms with Crippen LogP contribution in [0.3, 0.4) is 0 Å². The molecule has 0 aromatic carbocycles. The predicted octanol–water partition coefficient (Wildman–Crippen LogP) is -3.27. The molecule has 1 rings (SSSR count). The number of nitrogens with one attached hydrogen (secondary N) is 2. The van der Waals surface area contributed by atoms with Crippen LogP contribution in [0.2, 0.25) is 0 Å². The van der Waals surface area contributed by atoms with E-state index in [1.165, 1.54) is 11.8 Å². The van der Waals surface area contributed by atoms with Crippen molar-refractivity contribution in [1.29, 1.82) is 0 Å². The van der Waals surface area contributed by atoms with Gasteiger partial charge in [-0.3, -0.25) is 24.0 Å². The molecule has 13 nitrogen and oxygen atoms in total. The Hall–Kier alpha value is -3.22. The van der Waals surface area contributed by atoms with E-state index in [9.17, 15) is 28.8 Å². The number of nitrogens with zero attached hydrogens (tertiary/aromatic N) is 1. The van der Waals surface area contributed by atoms with E-state index in [-0.39, 0.29) is 6.54 Å². The van der Waals surface area contributed by atoms with Gasteiger partial charge in [-0.05, 0) is 19.8 Å². The van der Waals surface area contributed by atoms with Crippen LogP contribution < -0.4 is 22.1 Å². The molecule has 1 aliphatic heterocycles. The molecule has 0 bridgehead atoms. The van der Waals surface area contributed by atoms with Gasteiger partial charge in [-0.15, -0.1) is 0 Å². The van der Waals surface area contributed by atoms with Crippen LogP contribution in [0, 0.1) is 0 Å². The highest BCUT2D eigenvalue weighted by atomic mass is 16.4. The third-order valence-corrected chi connectivity index (χ3v) is 4.26.